The molecule has 122 valence electrons. The smallest absolute Gasteiger partial charge is 0.185 e. The number of nitrogens with zero attached hydrogens (tertiary/aromatic N) is 1. The standard InChI is InChI=1S/C15H30N4O2/c1-10(2)14(21)12(6-5-7-18-15(16)17)8-13(20)9-19-11(3)4/h10-12,19H,5-9H2,1-4H3,(H4,16,17,18)/t12-/m0/s1. The van der Waals surface area contributed by atoms with Crippen molar-refractivity contribution in [3.8, 4) is 0 Å². The number of guanidine groups is 1. The van der Waals surface area contributed by atoms with Crippen molar-refractivity contribution in [2.45, 2.75) is 53.0 Å². The van der Waals surface area contributed by atoms with Gasteiger partial charge in [-0.15, -0.1) is 0 Å². The van der Waals surface area contributed by atoms with E-state index < -0.39 is 0 Å². The Hall–Kier alpha value is -1.43. The molecule has 1 atom stereocenters. The van der Waals surface area contributed by atoms with Crippen LogP contribution in [0.3, 0.4) is 0 Å². The molecule has 0 spiro atoms. The first-order chi connectivity index (χ1) is 9.73. The lowest BCUT2D eigenvalue weighted by molar-refractivity contribution is -0.130. The molecule has 0 aliphatic carbocycles. The molecule has 0 aliphatic heterocycles. The minimum absolute atomic E-state index is 0.0546. The van der Waals surface area contributed by atoms with Crippen LogP contribution >= 0.6 is 0 Å². The van der Waals surface area contributed by atoms with Gasteiger partial charge in [0.1, 0.15) is 11.6 Å². The Kier molecular flexibility index (Phi) is 9.62. The Morgan fingerprint density at radius 2 is 1.76 bits per heavy atom. The van der Waals surface area contributed by atoms with Gasteiger partial charge in [0.05, 0.1) is 6.54 Å². The molecule has 0 aromatic carbocycles. The van der Waals surface area contributed by atoms with Gasteiger partial charge < -0.3 is 16.8 Å². The number of Topliss-reactive ketones (excluding diaryl/α,β-unsaturated/α-hetero) is 2. The van der Waals surface area contributed by atoms with Crippen molar-refractivity contribution in [1.29, 1.82) is 0 Å². The molecule has 0 fully saturated rings. The van der Waals surface area contributed by atoms with E-state index in [9.17, 15) is 9.59 Å². The number of carbonyl (C=O) groups is 2. The number of carbonyl (C=O) groups excluding carboxylic acids is 2. The third-order valence-corrected chi connectivity index (χ3v) is 3.16. The summed E-state index contributed by atoms with van der Waals surface area (Å²) in [5.74, 6) is -0.0364. The van der Waals surface area contributed by atoms with Gasteiger partial charge in [0.2, 0.25) is 0 Å². The molecule has 21 heavy (non-hydrogen) atoms. The maximum atomic E-state index is 12.2. The van der Waals surface area contributed by atoms with Crippen molar-refractivity contribution in [2.24, 2.45) is 28.3 Å². The van der Waals surface area contributed by atoms with Crippen LogP contribution in [0.25, 0.3) is 0 Å². The summed E-state index contributed by atoms with van der Waals surface area (Å²) in [5.41, 5.74) is 10.5. The van der Waals surface area contributed by atoms with Gasteiger partial charge in [0.15, 0.2) is 5.96 Å². The molecule has 0 heterocycles. The fourth-order valence-electron chi connectivity index (χ4n) is 2.03. The second-order valence-corrected chi connectivity index (χ2v) is 5.98. The summed E-state index contributed by atoms with van der Waals surface area (Å²) < 4.78 is 0. The first kappa shape index (κ1) is 19.6. The van der Waals surface area contributed by atoms with Crippen LogP contribution in [-0.4, -0.2) is 36.7 Å². The van der Waals surface area contributed by atoms with Crippen molar-refractivity contribution in [1.82, 2.24) is 5.32 Å². The molecule has 0 aromatic rings. The van der Waals surface area contributed by atoms with Crippen LogP contribution in [0.15, 0.2) is 4.99 Å². The Balaban J connectivity index is 4.42. The Morgan fingerprint density at radius 1 is 1.14 bits per heavy atom. The lowest BCUT2D eigenvalue weighted by Gasteiger charge is -2.17. The van der Waals surface area contributed by atoms with Gasteiger partial charge in [0.25, 0.3) is 0 Å². The largest absolute Gasteiger partial charge is 0.370 e. The number of aliphatic imine (C=N–C) groups is 1. The summed E-state index contributed by atoms with van der Waals surface area (Å²) in [7, 11) is 0. The van der Waals surface area contributed by atoms with Crippen LogP contribution in [0, 0.1) is 11.8 Å². The number of ketones is 2. The number of nitrogens with one attached hydrogen (secondary N) is 1. The van der Waals surface area contributed by atoms with Crippen LogP contribution in [0.2, 0.25) is 0 Å². The van der Waals surface area contributed by atoms with Gasteiger partial charge in [-0.3, -0.25) is 14.6 Å². The number of hydrogen-bond donors (Lipinski definition) is 3. The number of hydrogen-bond acceptors (Lipinski definition) is 4. The van der Waals surface area contributed by atoms with Crippen LogP contribution in [0.4, 0.5) is 0 Å². The van der Waals surface area contributed by atoms with Crippen molar-refractivity contribution in [2.75, 3.05) is 13.1 Å². The molecular formula is C15H30N4O2. The molecule has 0 amide bonds. The summed E-state index contributed by atoms with van der Waals surface area (Å²) in [6, 6.07) is 0.259. The molecule has 0 radical (unpaired) electrons. The van der Waals surface area contributed by atoms with E-state index in [0.717, 1.165) is 0 Å². The van der Waals surface area contributed by atoms with Crippen molar-refractivity contribution in [3.63, 3.8) is 0 Å². The van der Waals surface area contributed by atoms with E-state index >= 15 is 0 Å². The highest BCUT2D eigenvalue weighted by atomic mass is 16.1. The van der Waals surface area contributed by atoms with Crippen LogP contribution in [0.5, 0.6) is 0 Å². The summed E-state index contributed by atoms with van der Waals surface area (Å²) in [4.78, 5) is 28.0. The summed E-state index contributed by atoms with van der Waals surface area (Å²) in [6.07, 6.45) is 1.63. The Bertz CT molecular complexity index is 361. The summed E-state index contributed by atoms with van der Waals surface area (Å²) >= 11 is 0. The third-order valence-electron chi connectivity index (χ3n) is 3.16. The highest BCUT2D eigenvalue weighted by Gasteiger charge is 2.23. The highest BCUT2D eigenvalue weighted by Crippen LogP contribution is 2.18. The second-order valence-electron chi connectivity index (χ2n) is 5.98. The zero-order chi connectivity index (χ0) is 16.4. The quantitative estimate of drug-likeness (QED) is 0.297. The fourth-order valence-corrected chi connectivity index (χ4v) is 2.03. The Morgan fingerprint density at radius 3 is 2.24 bits per heavy atom. The van der Waals surface area contributed by atoms with E-state index in [2.05, 4.69) is 10.3 Å². The molecule has 0 saturated carbocycles. The minimum atomic E-state index is -0.235. The molecule has 5 N–H and O–H groups in total. The van der Waals surface area contributed by atoms with Crippen molar-refractivity contribution >= 4 is 17.5 Å². The average Bonchev–Trinajstić information content (AvgIpc) is 2.38. The molecule has 6 nitrogen and oxygen atoms in total. The van der Waals surface area contributed by atoms with Gasteiger partial charge in [-0.1, -0.05) is 27.7 Å². The molecule has 0 saturated heterocycles. The normalized spacial score (nSPS) is 12.5. The number of rotatable bonds is 11. The van der Waals surface area contributed by atoms with E-state index in [0.29, 0.717) is 32.4 Å². The first-order valence-corrected chi connectivity index (χ1v) is 7.58. The average molecular weight is 298 g/mol. The van der Waals surface area contributed by atoms with Gasteiger partial charge in [-0.2, -0.15) is 0 Å². The predicted molar refractivity (Wildman–Crippen MR) is 86.0 cm³/mol. The maximum Gasteiger partial charge on any atom is 0.185 e. The van der Waals surface area contributed by atoms with Crippen molar-refractivity contribution < 1.29 is 9.59 Å². The molecule has 0 aliphatic rings. The van der Waals surface area contributed by atoms with E-state index in [-0.39, 0.29) is 35.4 Å². The SMILES string of the molecule is CC(C)NCC(=O)C[C@H](CCCN=C(N)N)C(=O)C(C)C. The summed E-state index contributed by atoms with van der Waals surface area (Å²) in [5, 5.41) is 3.09. The molecule has 6 heteroatoms. The minimum Gasteiger partial charge on any atom is -0.370 e. The Labute approximate surface area is 127 Å². The zero-order valence-electron chi connectivity index (χ0n) is 13.7. The molecule has 0 unspecified atom stereocenters. The predicted octanol–water partition coefficient (Wildman–Crippen LogP) is 0.839. The van der Waals surface area contributed by atoms with Gasteiger partial charge in [-0.25, -0.2) is 0 Å². The van der Waals surface area contributed by atoms with Gasteiger partial charge in [-0.05, 0) is 12.8 Å². The highest BCUT2D eigenvalue weighted by molar-refractivity contribution is 5.89. The number of nitrogens with two attached hydrogens (primary N) is 2. The lowest BCUT2D eigenvalue weighted by atomic mass is 9.87. The topological polar surface area (TPSA) is 111 Å². The van der Waals surface area contributed by atoms with Crippen LogP contribution in [-0.2, 0) is 9.59 Å². The van der Waals surface area contributed by atoms with Crippen LogP contribution in [0.1, 0.15) is 47.0 Å². The molecular weight excluding hydrogens is 268 g/mol. The first-order valence-electron chi connectivity index (χ1n) is 7.58. The van der Waals surface area contributed by atoms with Gasteiger partial charge in [0, 0.05) is 30.8 Å². The lowest BCUT2D eigenvalue weighted by Crippen LogP contribution is -2.32. The van der Waals surface area contributed by atoms with Crippen LogP contribution < -0.4 is 16.8 Å². The molecule has 0 aromatic heterocycles. The molecule has 0 rings (SSSR count). The third kappa shape index (κ3) is 10.0. The van der Waals surface area contributed by atoms with E-state index in [4.69, 9.17) is 11.5 Å². The maximum absolute atomic E-state index is 12.2. The second kappa shape index (κ2) is 10.3. The van der Waals surface area contributed by atoms with E-state index in [1.165, 1.54) is 0 Å². The van der Waals surface area contributed by atoms with Crippen molar-refractivity contribution in [3.05, 3.63) is 0 Å². The van der Waals surface area contributed by atoms with E-state index in [1.54, 1.807) is 0 Å². The van der Waals surface area contributed by atoms with E-state index in [1.807, 2.05) is 27.7 Å². The summed E-state index contributed by atoms with van der Waals surface area (Å²) in [6.45, 7) is 8.50. The zero-order valence-corrected chi connectivity index (χ0v) is 13.7. The fraction of sp³-hybridized carbons (Fsp3) is 0.800. The monoisotopic (exact) mass is 298 g/mol. The van der Waals surface area contributed by atoms with Gasteiger partial charge >= 0.3 is 0 Å². The molecule has 0 bridgehead atoms.